The molecule has 0 aliphatic rings. The van der Waals surface area contributed by atoms with E-state index >= 15 is 0 Å². The first-order chi connectivity index (χ1) is 12.8. The van der Waals surface area contributed by atoms with E-state index in [9.17, 15) is 9.59 Å². The molecule has 0 heterocycles. The van der Waals surface area contributed by atoms with Gasteiger partial charge in [-0.05, 0) is 38.5 Å². The number of hydrogen-bond acceptors (Lipinski definition) is 7. The third-order valence-corrected chi connectivity index (χ3v) is 4.25. The van der Waals surface area contributed by atoms with Gasteiger partial charge in [-0.3, -0.25) is 9.59 Å². The van der Waals surface area contributed by atoms with E-state index in [0.29, 0.717) is 13.1 Å². The van der Waals surface area contributed by atoms with Crippen molar-refractivity contribution in [2.75, 3.05) is 56.3 Å². The monoisotopic (exact) mass is 380 g/mol. The summed E-state index contributed by atoms with van der Waals surface area (Å²) in [6.45, 7) is 12.2. The summed E-state index contributed by atoms with van der Waals surface area (Å²) in [5, 5.41) is 0. The van der Waals surface area contributed by atoms with Crippen molar-refractivity contribution in [3.8, 4) is 5.75 Å². The summed E-state index contributed by atoms with van der Waals surface area (Å²) in [4.78, 5) is 26.5. The van der Waals surface area contributed by atoms with Crippen LogP contribution in [0.15, 0.2) is 12.1 Å². The Morgan fingerprint density at radius 1 is 0.926 bits per heavy atom. The summed E-state index contributed by atoms with van der Waals surface area (Å²) >= 11 is 0. The molecule has 27 heavy (non-hydrogen) atoms. The third kappa shape index (κ3) is 7.00. The second kappa shape index (κ2) is 11.3. The molecule has 0 bridgehead atoms. The first kappa shape index (κ1) is 22.6. The summed E-state index contributed by atoms with van der Waals surface area (Å²) in [5.41, 5.74) is 3.00. The molecule has 1 aromatic rings. The van der Waals surface area contributed by atoms with Gasteiger partial charge in [-0.15, -0.1) is 0 Å². The fourth-order valence-corrected chi connectivity index (χ4v) is 2.96. The van der Waals surface area contributed by atoms with Crippen LogP contribution in [0.5, 0.6) is 5.75 Å². The Hall–Kier alpha value is -2.44. The fourth-order valence-electron chi connectivity index (χ4n) is 2.96. The fraction of sp³-hybridized carbons (Fsp3) is 0.600. The Morgan fingerprint density at radius 2 is 1.44 bits per heavy atom. The van der Waals surface area contributed by atoms with Gasteiger partial charge in [0.15, 0.2) is 0 Å². The van der Waals surface area contributed by atoms with Crippen molar-refractivity contribution in [3.63, 3.8) is 0 Å². The summed E-state index contributed by atoms with van der Waals surface area (Å²) in [5.74, 6) is 0.113. The topological polar surface area (TPSA) is 68.3 Å². The van der Waals surface area contributed by atoms with E-state index in [0.717, 1.165) is 35.8 Å². The predicted molar refractivity (Wildman–Crippen MR) is 107 cm³/mol. The SMILES string of the molecule is CCN(CC)c1cc(C)c(OC)c(N(CCOC(C)=O)CCOC(C)=O)c1. The third-order valence-electron chi connectivity index (χ3n) is 4.25. The molecule has 152 valence electrons. The van der Waals surface area contributed by atoms with Crippen molar-refractivity contribution in [3.05, 3.63) is 17.7 Å². The minimum atomic E-state index is -0.324. The maximum absolute atomic E-state index is 11.1. The number of anilines is 2. The van der Waals surface area contributed by atoms with Gasteiger partial charge in [-0.1, -0.05) is 0 Å². The van der Waals surface area contributed by atoms with E-state index in [1.165, 1.54) is 13.8 Å². The van der Waals surface area contributed by atoms with Crippen LogP contribution in [0.3, 0.4) is 0 Å². The van der Waals surface area contributed by atoms with Crippen molar-refractivity contribution < 1.29 is 23.8 Å². The molecule has 0 aliphatic heterocycles. The Balaban J connectivity index is 3.20. The van der Waals surface area contributed by atoms with Crippen LogP contribution in [-0.4, -0.2) is 58.4 Å². The molecule has 0 aromatic heterocycles. The number of nitrogens with zero attached hydrogens (tertiary/aromatic N) is 2. The first-order valence-corrected chi connectivity index (χ1v) is 9.29. The zero-order valence-electron chi connectivity index (χ0n) is 17.3. The maximum atomic E-state index is 11.1. The molecule has 7 heteroatoms. The smallest absolute Gasteiger partial charge is 0.302 e. The summed E-state index contributed by atoms with van der Waals surface area (Å²) in [7, 11) is 1.64. The average molecular weight is 380 g/mol. The van der Waals surface area contributed by atoms with E-state index in [1.807, 2.05) is 11.8 Å². The van der Waals surface area contributed by atoms with Gasteiger partial charge in [0.25, 0.3) is 0 Å². The molecule has 1 aromatic carbocycles. The normalized spacial score (nSPS) is 10.3. The number of carbonyl (C=O) groups is 2. The molecule has 0 aliphatic carbocycles. The molecular weight excluding hydrogens is 348 g/mol. The molecule has 1 rings (SSSR count). The summed E-state index contributed by atoms with van der Waals surface area (Å²) in [6, 6.07) is 4.17. The van der Waals surface area contributed by atoms with Gasteiger partial charge < -0.3 is 24.0 Å². The van der Waals surface area contributed by atoms with Crippen molar-refractivity contribution in [2.24, 2.45) is 0 Å². The van der Waals surface area contributed by atoms with E-state index in [1.54, 1.807) is 7.11 Å². The lowest BCUT2D eigenvalue weighted by atomic mass is 10.1. The number of aryl methyl sites for hydroxylation is 1. The number of ether oxygens (including phenoxy) is 3. The van der Waals surface area contributed by atoms with E-state index in [2.05, 4.69) is 30.9 Å². The lowest BCUT2D eigenvalue weighted by Crippen LogP contribution is -2.32. The molecule has 0 spiro atoms. The van der Waals surface area contributed by atoms with Crippen LogP contribution in [-0.2, 0) is 19.1 Å². The molecule has 0 unspecified atom stereocenters. The molecule has 0 atom stereocenters. The molecule has 0 saturated carbocycles. The van der Waals surface area contributed by atoms with Crippen molar-refractivity contribution in [2.45, 2.75) is 34.6 Å². The number of esters is 2. The molecule has 0 fully saturated rings. The highest BCUT2D eigenvalue weighted by atomic mass is 16.5. The second-order valence-corrected chi connectivity index (χ2v) is 6.15. The van der Waals surface area contributed by atoms with Crippen LogP contribution < -0.4 is 14.5 Å². The lowest BCUT2D eigenvalue weighted by Gasteiger charge is -2.30. The molecule has 0 saturated heterocycles. The van der Waals surface area contributed by atoms with E-state index in [-0.39, 0.29) is 25.2 Å². The number of benzene rings is 1. The zero-order valence-corrected chi connectivity index (χ0v) is 17.3. The first-order valence-electron chi connectivity index (χ1n) is 9.29. The van der Waals surface area contributed by atoms with Gasteiger partial charge in [0, 0.05) is 32.6 Å². The molecule has 0 N–H and O–H groups in total. The van der Waals surface area contributed by atoms with Crippen LogP contribution >= 0.6 is 0 Å². The number of methoxy groups -OCH3 is 1. The Labute approximate surface area is 162 Å². The van der Waals surface area contributed by atoms with Crippen LogP contribution in [0, 0.1) is 6.92 Å². The van der Waals surface area contributed by atoms with Gasteiger partial charge >= 0.3 is 11.9 Å². The van der Waals surface area contributed by atoms with Crippen LogP contribution in [0.25, 0.3) is 0 Å². The number of carbonyl (C=O) groups excluding carboxylic acids is 2. The molecule has 0 amide bonds. The van der Waals surface area contributed by atoms with Gasteiger partial charge in [0.1, 0.15) is 19.0 Å². The average Bonchev–Trinajstić information content (AvgIpc) is 2.60. The van der Waals surface area contributed by atoms with Gasteiger partial charge in [-0.2, -0.15) is 0 Å². The number of hydrogen-bond donors (Lipinski definition) is 0. The Bertz CT molecular complexity index is 609. The highest BCUT2D eigenvalue weighted by Gasteiger charge is 2.18. The van der Waals surface area contributed by atoms with Crippen LogP contribution in [0.2, 0.25) is 0 Å². The van der Waals surface area contributed by atoms with Crippen LogP contribution in [0.1, 0.15) is 33.3 Å². The van der Waals surface area contributed by atoms with E-state index < -0.39 is 0 Å². The molecule has 7 nitrogen and oxygen atoms in total. The predicted octanol–water partition coefficient (Wildman–Crippen LogP) is 2.78. The standard InChI is InChI=1S/C20H32N2O5/c1-7-21(8-2)18-13-15(3)20(25-6)19(14-18)22(9-11-26-16(4)23)10-12-27-17(5)24/h13-14H,7-12H2,1-6H3. The van der Waals surface area contributed by atoms with E-state index in [4.69, 9.17) is 14.2 Å². The van der Waals surface area contributed by atoms with Gasteiger partial charge in [0.05, 0.1) is 25.9 Å². The largest absolute Gasteiger partial charge is 0.494 e. The van der Waals surface area contributed by atoms with Crippen molar-refractivity contribution in [1.82, 2.24) is 0 Å². The Morgan fingerprint density at radius 3 is 1.85 bits per heavy atom. The highest BCUT2D eigenvalue weighted by molar-refractivity contribution is 5.70. The Kier molecular flexibility index (Phi) is 9.47. The lowest BCUT2D eigenvalue weighted by molar-refractivity contribution is -0.141. The second-order valence-electron chi connectivity index (χ2n) is 6.15. The molecular formula is C20H32N2O5. The van der Waals surface area contributed by atoms with Crippen molar-refractivity contribution >= 4 is 23.3 Å². The number of rotatable bonds is 11. The quantitative estimate of drug-likeness (QED) is 0.547. The minimum Gasteiger partial charge on any atom is -0.494 e. The van der Waals surface area contributed by atoms with Gasteiger partial charge in [-0.25, -0.2) is 0 Å². The van der Waals surface area contributed by atoms with Crippen molar-refractivity contribution in [1.29, 1.82) is 0 Å². The maximum Gasteiger partial charge on any atom is 0.302 e. The highest BCUT2D eigenvalue weighted by Crippen LogP contribution is 2.36. The van der Waals surface area contributed by atoms with Crippen LogP contribution in [0.4, 0.5) is 11.4 Å². The summed E-state index contributed by atoms with van der Waals surface area (Å²) < 4.78 is 15.8. The zero-order chi connectivity index (χ0) is 20.4. The minimum absolute atomic E-state index is 0.243. The summed E-state index contributed by atoms with van der Waals surface area (Å²) in [6.07, 6.45) is 0. The molecule has 0 radical (unpaired) electrons. The van der Waals surface area contributed by atoms with Gasteiger partial charge in [0.2, 0.25) is 0 Å².